The van der Waals surface area contributed by atoms with E-state index in [1.54, 1.807) is 35.8 Å². The first-order valence-electron chi connectivity index (χ1n) is 6.43. The van der Waals surface area contributed by atoms with Crippen molar-refractivity contribution >= 4 is 11.9 Å². The zero-order valence-electron chi connectivity index (χ0n) is 11.5. The molecule has 3 aromatic rings. The molecule has 1 unspecified atom stereocenters. The summed E-state index contributed by atoms with van der Waals surface area (Å²) >= 11 is 0. The summed E-state index contributed by atoms with van der Waals surface area (Å²) in [5.41, 5.74) is 5.73. The molecule has 9 nitrogen and oxygen atoms in total. The summed E-state index contributed by atoms with van der Waals surface area (Å²) in [4.78, 5) is 20.5. The molecule has 9 heteroatoms. The lowest BCUT2D eigenvalue weighted by Gasteiger charge is -2.14. The maximum Gasteiger partial charge on any atom is 0.241 e. The number of nitrogens with two attached hydrogens (primary N) is 1. The van der Waals surface area contributed by atoms with Gasteiger partial charge in [0.15, 0.2) is 0 Å². The van der Waals surface area contributed by atoms with Gasteiger partial charge in [-0.3, -0.25) is 4.57 Å². The van der Waals surface area contributed by atoms with Crippen molar-refractivity contribution in [1.29, 1.82) is 0 Å². The summed E-state index contributed by atoms with van der Waals surface area (Å²) in [6.07, 6.45) is 10.4. The Hall–Kier alpha value is -2.97. The summed E-state index contributed by atoms with van der Waals surface area (Å²) in [6.45, 7) is 2.77. The van der Waals surface area contributed by atoms with E-state index in [0.717, 1.165) is 6.54 Å². The van der Waals surface area contributed by atoms with Crippen molar-refractivity contribution < 1.29 is 0 Å². The number of nitrogens with zero attached hydrogens (tertiary/aromatic N) is 7. The number of imidazole rings is 2. The van der Waals surface area contributed by atoms with Crippen molar-refractivity contribution in [1.82, 2.24) is 34.1 Å². The van der Waals surface area contributed by atoms with Gasteiger partial charge in [0.2, 0.25) is 17.8 Å². The molecule has 21 heavy (non-hydrogen) atoms. The Morgan fingerprint density at radius 1 is 1.14 bits per heavy atom. The second-order valence-electron chi connectivity index (χ2n) is 4.59. The Morgan fingerprint density at radius 3 is 2.67 bits per heavy atom. The molecule has 108 valence electrons. The average molecular weight is 285 g/mol. The fourth-order valence-corrected chi connectivity index (χ4v) is 1.92. The van der Waals surface area contributed by atoms with Gasteiger partial charge < -0.3 is 15.6 Å². The van der Waals surface area contributed by atoms with Crippen molar-refractivity contribution in [3.8, 4) is 5.95 Å². The highest BCUT2D eigenvalue weighted by molar-refractivity contribution is 5.35. The van der Waals surface area contributed by atoms with Crippen molar-refractivity contribution in [3.05, 3.63) is 37.4 Å². The number of rotatable bonds is 5. The lowest BCUT2D eigenvalue weighted by molar-refractivity contribution is 0.614. The van der Waals surface area contributed by atoms with Crippen LogP contribution in [0.3, 0.4) is 0 Å². The molecule has 0 saturated carbocycles. The van der Waals surface area contributed by atoms with Crippen LogP contribution in [-0.2, 0) is 6.54 Å². The predicted molar refractivity (Wildman–Crippen MR) is 76.7 cm³/mol. The lowest BCUT2D eigenvalue weighted by atomic mass is 10.3. The second-order valence-corrected chi connectivity index (χ2v) is 4.59. The van der Waals surface area contributed by atoms with Gasteiger partial charge >= 0.3 is 0 Å². The molecule has 0 aromatic carbocycles. The molecule has 0 aliphatic rings. The van der Waals surface area contributed by atoms with Crippen molar-refractivity contribution in [2.45, 2.75) is 19.5 Å². The van der Waals surface area contributed by atoms with E-state index in [-0.39, 0.29) is 12.0 Å². The Morgan fingerprint density at radius 2 is 1.95 bits per heavy atom. The molecule has 3 heterocycles. The molecule has 0 aliphatic heterocycles. The summed E-state index contributed by atoms with van der Waals surface area (Å²) in [5.74, 6) is 1.02. The van der Waals surface area contributed by atoms with Gasteiger partial charge in [-0.25, -0.2) is 9.97 Å². The molecule has 0 bridgehead atoms. The number of hydrogen-bond donors (Lipinski definition) is 2. The highest BCUT2D eigenvalue weighted by Crippen LogP contribution is 2.08. The summed E-state index contributed by atoms with van der Waals surface area (Å²) in [7, 11) is 0. The Kier molecular flexibility index (Phi) is 3.46. The van der Waals surface area contributed by atoms with Crippen LogP contribution in [0.2, 0.25) is 0 Å². The van der Waals surface area contributed by atoms with Crippen LogP contribution >= 0.6 is 0 Å². The minimum atomic E-state index is 0.108. The average Bonchev–Trinajstić information content (AvgIpc) is 3.10. The lowest BCUT2D eigenvalue weighted by Crippen LogP contribution is -2.23. The maximum atomic E-state index is 5.73. The second kappa shape index (κ2) is 5.57. The molecule has 0 fully saturated rings. The van der Waals surface area contributed by atoms with Crippen molar-refractivity contribution in [2.75, 3.05) is 11.1 Å². The van der Waals surface area contributed by atoms with E-state index in [0.29, 0.717) is 11.9 Å². The molecule has 0 radical (unpaired) electrons. The Bertz CT molecular complexity index is 690. The molecule has 0 saturated heterocycles. The minimum absolute atomic E-state index is 0.108. The fraction of sp³-hybridized carbons (Fsp3) is 0.250. The van der Waals surface area contributed by atoms with Gasteiger partial charge in [-0.2, -0.15) is 15.0 Å². The van der Waals surface area contributed by atoms with E-state index in [1.165, 1.54) is 0 Å². The van der Waals surface area contributed by atoms with Gasteiger partial charge in [0.25, 0.3) is 0 Å². The van der Waals surface area contributed by atoms with Crippen LogP contribution in [-0.4, -0.2) is 40.1 Å². The summed E-state index contributed by atoms with van der Waals surface area (Å²) < 4.78 is 3.64. The van der Waals surface area contributed by atoms with Crippen LogP contribution in [0, 0.1) is 0 Å². The number of aromatic nitrogens is 7. The monoisotopic (exact) mass is 285 g/mol. The third-order valence-electron chi connectivity index (χ3n) is 2.80. The van der Waals surface area contributed by atoms with Crippen LogP contribution in [0.15, 0.2) is 37.4 Å². The Balaban J connectivity index is 1.76. The van der Waals surface area contributed by atoms with Crippen LogP contribution in [0.4, 0.5) is 11.9 Å². The SMILES string of the molecule is CC(Cn1ccnc1)Nc1nc(N)nc(-n2ccnc2)n1. The van der Waals surface area contributed by atoms with Gasteiger partial charge in [0.05, 0.1) is 6.33 Å². The van der Waals surface area contributed by atoms with Crippen LogP contribution in [0.5, 0.6) is 0 Å². The zero-order valence-corrected chi connectivity index (χ0v) is 11.5. The molecular formula is C12H15N9. The topological polar surface area (TPSA) is 112 Å². The summed E-state index contributed by atoms with van der Waals surface area (Å²) in [5, 5.41) is 3.20. The largest absolute Gasteiger partial charge is 0.368 e. The van der Waals surface area contributed by atoms with E-state index in [1.807, 2.05) is 17.7 Å². The summed E-state index contributed by atoms with van der Waals surface area (Å²) in [6, 6.07) is 0.108. The molecule has 0 amide bonds. The highest BCUT2D eigenvalue weighted by atomic mass is 15.3. The normalized spacial score (nSPS) is 12.2. The van der Waals surface area contributed by atoms with Gasteiger partial charge in [0.1, 0.15) is 6.33 Å². The third-order valence-corrected chi connectivity index (χ3v) is 2.80. The van der Waals surface area contributed by atoms with Gasteiger partial charge in [-0.1, -0.05) is 0 Å². The van der Waals surface area contributed by atoms with Gasteiger partial charge in [0, 0.05) is 37.4 Å². The molecule has 3 aromatic heterocycles. The molecule has 3 N–H and O–H groups in total. The van der Waals surface area contributed by atoms with Crippen molar-refractivity contribution in [2.24, 2.45) is 0 Å². The number of nitrogens with one attached hydrogen (secondary N) is 1. The predicted octanol–water partition coefficient (Wildman–Crippen LogP) is 0.337. The van der Waals surface area contributed by atoms with Gasteiger partial charge in [-0.05, 0) is 6.92 Å². The standard InChI is InChI=1S/C12H15N9/c1-9(6-20-4-2-14-7-20)16-11-17-10(13)18-12(19-11)21-5-3-15-8-21/h2-5,7-9H,6H2,1H3,(H3,13,16,17,18,19). The zero-order chi connectivity index (χ0) is 14.7. The number of anilines is 2. The van der Waals surface area contributed by atoms with Gasteiger partial charge in [-0.15, -0.1) is 0 Å². The number of nitrogen functional groups attached to an aromatic ring is 1. The fourth-order valence-electron chi connectivity index (χ4n) is 1.92. The van der Waals surface area contributed by atoms with Crippen LogP contribution < -0.4 is 11.1 Å². The smallest absolute Gasteiger partial charge is 0.241 e. The quantitative estimate of drug-likeness (QED) is 0.694. The highest BCUT2D eigenvalue weighted by Gasteiger charge is 2.09. The van der Waals surface area contributed by atoms with E-state index < -0.39 is 0 Å². The first kappa shape index (κ1) is 13.0. The molecule has 3 rings (SSSR count). The maximum absolute atomic E-state index is 5.73. The van der Waals surface area contributed by atoms with Crippen LogP contribution in [0.1, 0.15) is 6.92 Å². The molecule has 0 aliphatic carbocycles. The van der Waals surface area contributed by atoms with E-state index in [4.69, 9.17) is 5.73 Å². The third kappa shape index (κ3) is 3.14. The van der Waals surface area contributed by atoms with Crippen LogP contribution in [0.25, 0.3) is 5.95 Å². The number of hydrogen-bond acceptors (Lipinski definition) is 7. The van der Waals surface area contributed by atoms with E-state index in [2.05, 4.69) is 30.2 Å². The van der Waals surface area contributed by atoms with Crippen molar-refractivity contribution in [3.63, 3.8) is 0 Å². The molecule has 0 spiro atoms. The molecule has 1 atom stereocenters. The van der Waals surface area contributed by atoms with E-state index >= 15 is 0 Å². The van der Waals surface area contributed by atoms with E-state index in [9.17, 15) is 0 Å². The first-order chi connectivity index (χ1) is 10.2. The molecular weight excluding hydrogens is 270 g/mol. The Labute approximate surface area is 120 Å². The minimum Gasteiger partial charge on any atom is -0.368 e. The first-order valence-corrected chi connectivity index (χ1v) is 6.43.